The van der Waals surface area contributed by atoms with Crippen molar-refractivity contribution in [3.8, 4) is 17.3 Å². The fourth-order valence-electron chi connectivity index (χ4n) is 4.37. The largest absolute Gasteiger partial charge is 0.418 e. The summed E-state index contributed by atoms with van der Waals surface area (Å²) in [5.74, 6) is 0. The lowest BCUT2D eigenvalue weighted by Gasteiger charge is -2.28. The predicted molar refractivity (Wildman–Crippen MR) is 115 cm³/mol. The van der Waals surface area contributed by atoms with Gasteiger partial charge in [-0.05, 0) is 66.8 Å². The van der Waals surface area contributed by atoms with E-state index in [4.69, 9.17) is 5.26 Å². The fourth-order valence-corrected chi connectivity index (χ4v) is 4.37. The zero-order valence-electron chi connectivity index (χ0n) is 16.9. The molecule has 0 amide bonds. The number of aromatic amines is 1. The van der Waals surface area contributed by atoms with E-state index in [2.05, 4.69) is 26.6 Å². The second-order valence-corrected chi connectivity index (χ2v) is 7.86. The summed E-state index contributed by atoms with van der Waals surface area (Å²) in [5, 5.41) is 19.9. The Kier molecular flexibility index (Phi) is 4.82. The molecule has 1 aliphatic carbocycles. The number of aryl methyl sites for hydroxylation is 1. The monoisotopic (exact) mass is 433 g/mol. The fraction of sp³-hybridized carbons (Fsp3) is 0.208. The van der Waals surface area contributed by atoms with Crippen molar-refractivity contribution in [1.29, 1.82) is 5.26 Å². The van der Waals surface area contributed by atoms with Gasteiger partial charge >= 0.3 is 6.18 Å². The maximum atomic E-state index is 13.9. The van der Waals surface area contributed by atoms with Gasteiger partial charge in [-0.15, -0.1) is 0 Å². The standard InChI is InChI=1S/C24H18F3N5/c25-24(26,27)19-12-21-18(23(32-31-21)15-6-8-29-9-7-15)11-22(19)30-20-3-1-2-16-10-14(13-28)4-5-17(16)20/h4-12,20,30H,1-3H2,(H,31,32)/t20-/m1/s1. The second-order valence-electron chi connectivity index (χ2n) is 7.86. The second kappa shape index (κ2) is 7.68. The highest BCUT2D eigenvalue weighted by Gasteiger charge is 2.35. The number of halogens is 3. The molecule has 5 nitrogen and oxygen atoms in total. The third kappa shape index (κ3) is 3.56. The third-order valence-electron chi connectivity index (χ3n) is 5.88. The molecule has 0 radical (unpaired) electrons. The van der Waals surface area contributed by atoms with Crippen LogP contribution < -0.4 is 5.32 Å². The molecule has 5 rings (SSSR count). The molecule has 0 spiro atoms. The molecule has 2 N–H and O–H groups in total. The number of nitriles is 1. The van der Waals surface area contributed by atoms with E-state index in [0.717, 1.165) is 35.6 Å². The topological polar surface area (TPSA) is 77.4 Å². The zero-order chi connectivity index (χ0) is 22.3. The van der Waals surface area contributed by atoms with Gasteiger partial charge in [0, 0.05) is 29.0 Å². The first-order valence-electron chi connectivity index (χ1n) is 10.2. The van der Waals surface area contributed by atoms with Crippen LogP contribution in [0.15, 0.2) is 54.9 Å². The van der Waals surface area contributed by atoms with Crippen molar-refractivity contribution < 1.29 is 13.2 Å². The molecular formula is C24H18F3N5. The maximum absolute atomic E-state index is 13.9. The Morgan fingerprint density at radius 1 is 1.09 bits per heavy atom. The van der Waals surface area contributed by atoms with E-state index in [-0.39, 0.29) is 11.7 Å². The average Bonchev–Trinajstić information content (AvgIpc) is 3.21. The molecule has 0 saturated heterocycles. The van der Waals surface area contributed by atoms with E-state index in [0.29, 0.717) is 28.6 Å². The van der Waals surface area contributed by atoms with Crippen LogP contribution in [0, 0.1) is 11.3 Å². The van der Waals surface area contributed by atoms with Crippen LogP contribution >= 0.6 is 0 Å². The van der Waals surface area contributed by atoms with Gasteiger partial charge in [0.1, 0.15) is 5.69 Å². The lowest BCUT2D eigenvalue weighted by molar-refractivity contribution is -0.136. The number of H-pyrrole nitrogens is 1. The minimum absolute atomic E-state index is 0.0175. The molecule has 0 unspecified atom stereocenters. The highest BCUT2D eigenvalue weighted by molar-refractivity contribution is 5.96. The molecule has 2 aromatic carbocycles. The van der Waals surface area contributed by atoms with Gasteiger partial charge in [0.25, 0.3) is 0 Å². The Morgan fingerprint density at radius 3 is 2.66 bits per heavy atom. The first-order valence-corrected chi connectivity index (χ1v) is 10.2. The quantitative estimate of drug-likeness (QED) is 0.415. The smallest absolute Gasteiger partial charge is 0.378 e. The van der Waals surface area contributed by atoms with Gasteiger partial charge in [0.05, 0.1) is 28.8 Å². The molecular weight excluding hydrogens is 415 g/mol. The normalized spacial score (nSPS) is 15.9. The number of anilines is 1. The maximum Gasteiger partial charge on any atom is 0.418 e. The summed E-state index contributed by atoms with van der Waals surface area (Å²) >= 11 is 0. The van der Waals surface area contributed by atoms with E-state index in [1.807, 2.05) is 12.1 Å². The number of rotatable bonds is 3. The first-order chi connectivity index (χ1) is 15.4. The Morgan fingerprint density at radius 2 is 1.91 bits per heavy atom. The number of alkyl halides is 3. The molecule has 0 aliphatic heterocycles. The van der Waals surface area contributed by atoms with Crippen molar-refractivity contribution in [3.05, 3.63) is 77.1 Å². The van der Waals surface area contributed by atoms with E-state index in [9.17, 15) is 13.2 Å². The van der Waals surface area contributed by atoms with Crippen LogP contribution in [0.5, 0.6) is 0 Å². The van der Waals surface area contributed by atoms with Crippen LogP contribution in [0.3, 0.4) is 0 Å². The van der Waals surface area contributed by atoms with E-state index < -0.39 is 11.7 Å². The molecule has 1 atom stereocenters. The summed E-state index contributed by atoms with van der Waals surface area (Å²) in [6.07, 6.45) is 1.05. The van der Waals surface area contributed by atoms with Gasteiger partial charge in [-0.2, -0.15) is 23.5 Å². The van der Waals surface area contributed by atoms with Crippen molar-refractivity contribution in [2.75, 3.05) is 5.32 Å². The number of benzene rings is 2. The number of nitrogens with zero attached hydrogens (tertiary/aromatic N) is 3. The van der Waals surface area contributed by atoms with E-state index >= 15 is 0 Å². The Bertz CT molecular complexity index is 1340. The predicted octanol–water partition coefficient (Wildman–Crippen LogP) is 6.00. The molecule has 2 heterocycles. The molecule has 4 aromatic rings. The van der Waals surface area contributed by atoms with Crippen molar-refractivity contribution in [1.82, 2.24) is 15.2 Å². The number of nitrogens with one attached hydrogen (secondary N) is 2. The summed E-state index contributed by atoms with van der Waals surface area (Å²) in [7, 11) is 0. The van der Waals surface area contributed by atoms with Crippen LogP contribution in [-0.2, 0) is 12.6 Å². The molecule has 2 aromatic heterocycles. The molecule has 0 bridgehead atoms. The van der Waals surface area contributed by atoms with Crippen LogP contribution in [-0.4, -0.2) is 15.2 Å². The van der Waals surface area contributed by atoms with Gasteiger partial charge in [0.2, 0.25) is 0 Å². The minimum Gasteiger partial charge on any atom is -0.378 e. The van der Waals surface area contributed by atoms with Crippen molar-refractivity contribution in [2.45, 2.75) is 31.5 Å². The summed E-state index contributed by atoms with van der Waals surface area (Å²) in [5.41, 5.74) is 3.43. The molecule has 160 valence electrons. The Hall–Kier alpha value is -3.86. The van der Waals surface area contributed by atoms with Crippen LogP contribution in [0.25, 0.3) is 22.2 Å². The highest BCUT2D eigenvalue weighted by Crippen LogP contribution is 2.42. The lowest BCUT2D eigenvalue weighted by Crippen LogP contribution is -2.20. The number of aromatic nitrogens is 3. The SMILES string of the molecule is N#Cc1ccc2c(c1)CCC[C@H]2Nc1cc2c(-c3ccncc3)n[nH]c2cc1C(F)(F)F. The van der Waals surface area contributed by atoms with Crippen LogP contribution in [0.1, 0.15) is 41.1 Å². The molecule has 32 heavy (non-hydrogen) atoms. The molecule has 8 heteroatoms. The van der Waals surface area contributed by atoms with Crippen molar-refractivity contribution in [3.63, 3.8) is 0 Å². The first kappa shape index (κ1) is 20.1. The molecule has 0 fully saturated rings. The van der Waals surface area contributed by atoms with Gasteiger partial charge < -0.3 is 5.32 Å². The molecule has 1 aliphatic rings. The Balaban J connectivity index is 1.61. The van der Waals surface area contributed by atoms with E-state index in [1.54, 1.807) is 30.6 Å². The van der Waals surface area contributed by atoms with Gasteiger partial charge in [-0.25, -0.2) is 0 Å². The summed E-state index contributed by atoms with van der Waals surface area (Å²) in [6, 6.07) is 13.4. The summed E-state index contributed by atoms with van der Waals surface area (Å²) in [4.78, 5) is 3.99. The summed E-state index contributed by atoms with van der Waals surface area (Å²) in [6.45, 7) is 0. The summed E-state index contributed by atoms with van der Waals surface area (Å²) < 4.78 is 41.8. The molecule has 0 saturated carbocycles. The average molecular weight is 433 g/mol. The number of pyridine rings is 1. The van der Waals surface area contributed by atoms with Gasteiger partial charge in [0.15, 0.2) is 0 Å². The van der Waals surface area contributed by atoms with Crippen LogP contribution in [0.2, 0.25) is 0 Å². The number of hydrogen-bond donors (Lipinski definition) is 2. The number of hydrogen-bond acceptors (Lipinski definition) is 4. The highest BCUT2D eigenvalue weighted by atomic mass is 19.4. The van der Waals surface area contributed by atoms with E-state index in [1.165, 1.54) is 6.07 Å². The van der Waals surface area contributed by atoms with Crippen molar-refractivity contribution in [2.24, 2.45) is 0 Å². The lowest BCUT2D eigenvalue weighted by atomic mass is 9.86. The Labute approximate surface area is 181 Å². The van der Waals surface area contributed by atoms with Crippen molar-refractivity contribution >= 4 is 16.6 Å². The van der Waals surface area contributed by atoms with Gasteiger partial charge in [-0.1, -0.05) is 6.07 Å². The number of fused-ring (bicyclic) bond motifs is 2. The third-order valence-corrected chi connectivity index (χ3v) is 5.88. The van der Waals surface area contributed by atoms with Gasteiger partial charge in [-0.3, -0.25) is 10.1 Å². The zero-order valence-corrected chi connectivity index (χ0v) is 16.9. The van der Waals surface area contributed by atoms with Crippen LogP contribution in [0.4, 0.5) is 18.9 Å². The minimum atomic E-state index is -4.53.